The lowest BCUT2D eigenvalue weighted by Gasteiger charge is -2.37. The van der Waals surface area contributed by atoms with Crippen LogP contribution in [0.1, 0.15) is 24.0 Å². The number of piperazine rings is 1. The van der Waals surface area contributed by atoms with Crippen LogP contribution in [-0.4, -0.2) is 63.7 Å². The zero-order valence-electron chi connectivity index (χ0n) is 23.4. The summed E-state index contributed by atoms with van der Waals surface area (Å²) in [5, 5.41) is 3.56. The Balaban J connectivity index is 1.08. The molecule has 3 aromatic carbocycles. The smallest absolute Gasteiger partial charge is 0.170 e. The van der Waals surface area contributed by atoms with Gasteiger partial charge in [0.15, 0.2) is 17.0 Å². The van der Waals surface area contributed by atoms with Crippen LogP contribution in [0.15, 0.2) is 85.2 Å². The van der Waals surface area contributed by atoms with Gasteiger partial charge in [0.25, 0.3) is 0 Å². The van der Waals surface area contributed by atoms with Crippen LogP contribution in [0.5, 0.6) is 0 Å². The molecule has 0 radical (unpaired) electrons. The molecule has 204 valence electrons. The van der Waals surface area contributed by atoms with Gasteiger partial charge in [0.1, 0.15) is 12.2 Å². The third-order valence-electron chi connectivity index (χ3n) is 7.97. The molecule has 3 heterocycles. The van der Waals surface area contributed by atoms with Crippen molar-refractivity contribution < 1.29 is 0 Å². The summed E-state index contributed by atoms with van der Waals surface area (Å²) >= 11 is 0. The largest absolute Gasteiger partial charge is 0.369 e. The maximum atomic E-state index is 5.04. The van der Waals surface area contributed by atoms with Crippen LogP contribution in [0.3, 0.4) is 0 Å². The first-order valence-corrected chi connectivity index (χ1v) is 14.3. The molecular formula is C33H37N7. The minimum atomic E-state index is 0.791. The molecule has 0 unspecified atom stereocenters. The van der Waals surface area contributed by atoms with E-state index < -0.39 is 0 Å². The Morgan fingerprint density at radius 1 is 0.775 bits per heavy atom. The zero-order chi connectivity index (χ0) is 27.3. The SMILES string of the molecule is Cc1cccc(N2CCN(CCCCNc3ncnc4c3nc(-c3ccccc3)n4-c3ccccc3)CC2)c1C. The molecule has 1 aliphatic rings. The number of hydrogen-bond acceptors (Lipinski definition) is 6. The van der Waals surface area contributed by atoms with E-state index in [1.54, 1.807) is 6.33 Å². The number of unbranched alkanes of at least 4 members (excludes halogenated alkanes) is 1. The van der Waals surface area contributed by atoms with E-state index in [-0.39, 0.29) is 0 Å². The Morgan fingerprint density at radius 2 is 1.52 bits per heavy atom. The molecule has 40 heavy (non-hydrogen) atoms. The normalized spacial score (nSPS) is 14.1. The van der Waals surface area contributed by atoms with Gasteiger partial charge in [-0.05, 0) is 62.6 Å². The highest BCUT2D eigenvalue weighted by molar-refractivity contribution is 5.88. The molecule has 0 aliphatic carbocycles. The average molecular weight is 532 g/mol. The summed E-state index contributed by atoms with van der Waals surface area (Å²) in [6.45, 7) is 10.8. The molecule has 0 atom stereocenters. The Bertz CT molecular complexity index is 1550. The standard InChI is InChI=1S/C33H37N7/c1-25-12-11-17-29(26(25)2)39-22-20-38(21-23-39)19-10-9-18-34-31-30-33(36-24-35-31)40(28-15-7-4-8-16-28)32(37-30)27-13-5-3-6-14-27/h3-8,11-17,24H,9-10,18-23H2,1-2H3,(H,34,35,36). The zero-order valence-corrected chi connectivity index (χ0v) is 23.4. The molecule has 7 heteroatoms. The first kappa shape index (κ1) is 26.0. The van der Waals surface area contributed by atoms with Crippen LogP contribution in [-0.2, 0) is 0 Å². The summed E-state index contributed by atoms with van der Waals surface area (Å²) in [6, 6.07) is 27.2. The molecule has 0 spiro atoms. The van der Waals surface area contributed by atoms with Crippen LogP contribution in [0, 0.1) is 13.8 Å². The summed E-state index contributed by atoms with van der Waals surface area (Å²) in [5.41, 5.74) is 7.86. The van der Waals surface area contributed by atoms with E-state index in [2.05, 4.69) is 86.0 Å². The van der Waals surface area contributed by atoms with E-state index in [4.69, 9.17) is 4.98 Å². The van der Waals surface area contributed by atoms with Crippen molar-refractivity contribution >= 4 is 22.7 Å². The molecule has 7 nitrogen and oxygen atoms in total. The summed E-state index contributed by atoms with van der Waals surface area (Å²) < 4.78 is 2.12. The quantitative estimate of drug-likeness (QED) is 0.232. The summed E-state index contributed by atoms with van der Waals surface area (Å²) in [5.74, 6) is 1.66. The second-order valence-electron chi connectivity index (χ2n) is 10.5. The number of fused-ring (bicyclic) bond motifs is 1. The molecule has 1 aliphatic heterocycles. The molecule has 0 saturated carbocycles. The van der Waals surface area contributed by atoms with Crippen LogP contribution in [0.2, 0.25) is 0 Å². The van der Waals surface area contributed by atoms with E-state index in [9.17, 15) is 0 Å². The van der Waals surface area contributed by atoms with Crippen molar-refractivity contribution in [2.75, 3.05) is 49.5 Å². The van der Waals surface area contributed by atoms with Crippen LogP contribution in [0.4, 0.5) is 11.5 Å². The monoisotopic (exact) mass is 531 g/mol. The number of anilines is 2. The van der Waals surface area contributed by atoms with Gasteiger partial charge in [0.05, 0.1) is 0 Å². The maximum absolute atomic E-state index is 5.04. The highest BCUT2D eigenvalue weighted by Crippen LogP contribution is 2.30. The average Bonchev–Trinajstić information content (AvgIpc) is 3.40. The first-order valence-electron chi connectivity index (χ1n) is 14.3. The highest BCUT2D eigenvalue weighted by atomic mass is 15.3. The van der Waals surface area contributed by atoms with Gasteiger partial charge in [-0.3, -0.25) is 9.47 Å². The Kier molecular flexibility index (Phi) is 7.73. The van der Waals surface area contributed by atoms with Crippen LogP contribution in [0.25, 0.3) is 28.2 Å². The van der Waals surface area contributed by atoms with Gasteiger partial charge in [-0.2, -0.15) is 0 Å². The van der Waals surface area contributed by atoms with Crippen molar-refractivity contribution in [1.29, 1.82) is 0 Å². The molecular weight excluding hydrogens is 494 g/mol. The van der Waals surface area contributed by atoms with Crippen molar-refractivity contribution in [2.24, 2.45) is 0 Å². The van der Waals surface area contributed by atoms with E-state index >= 15 is 0 Å². The minimum absolute atomic E-state index is 0.791. The lowest BCUT2D eigenvalue weighted by Crippen LogP contribution is -2.46. The summed E-state index contributed by atoms with van der Waals surface area (Å²) in [7, 11) is 0. The lowest BCUT2D eigenvalue weighted by molar-refractivity contribution is 0.253. The van der Waals surface area contributed by atoms with Gasteiger partial charge in [-0.25, -0.2) is 15.0 Å². The second-order valence-corrected chi connectivity index (χ2v) is 10.5. The number of aryl methyl sites for hydroxylation is 1. The lowest BCUT2D eigenvalue weighted by atomic mass is 10.1. The molecule has 5 aromatic rings. The molecule has 0 amide bonds. The Morgan fingerprint density at radius 3 is 2.30 bits per heavy atom. The maximum Gasteiger partial charge on any atom is 0.170 e. The fraction of sp³-hybridized carbons (Fsp3) is 0.303. The van der Waals surface area contributed by atoms with E-state index in [1.165, 1.54) is 16.8 Å². The van der Waals surface area contributed by atoms with Crippen LogP contribution >= 0.6 is 0 Å². The Labute approximate surface area is 236 Å². The number of hydrogen-bond donors (Lipinski definition) is 1. The minimum Gasteiger partial charge on any atom is -0.369 e. The third kappa shape index (κ3) is 5.42. The van der Waals surface area contributed by atoms with E-state index in [1.807, 2.05) is 36.4 Å². The molecule has 1 N–H and O–H groups in total. The molecule has 0 bridgehead atoms. The van der Waals surface area contributed by atoms with E-state index in [0.29, 0.717) is 0 Å². The van der Waals surface area contributed by atoms with Crippen molar-refractivity contribution in [3.05, 3.63) is 96.3 Å². The molecule has 2 aromatic heterocycles. The number of rotatable bonds is 9. The van der Waals surface area contributed by atoms with Crippen LogP contribution < -0.4 is 10.2 Å². The predicted octanol–water partition coefficient (Wildman–Crippen LogP) is 6.11. The molecule has 1 fully saturated rings. The molecule has 6 rings (SSSR count). The van der Waals surface area contributed by atoms with Crippen molar-refractivity contribution in [3.8, 4) is 17.1 Å². The number of nitrogens with zero attached hydrogens (tertiary/aromatic N) is 6. The number of para-hydroxylation sites is 1. The molecule has 1 saturated heterocycles. The first-order chi connectivity index (χ1) is 19.7. The van der Waals surface area contributed by atoms with Gasteiger partial charge in [0.2, 0.25) is 0 Å². The number of aromatic nitrogens is 4. The highest BCUT2D eigenvalue weighted by Gasteiger charge is 2.20. The Hall–Kier alpha value is -4.23. The number of benzene rings is 3. The second kappa shape index (κ2) is 11.9. The fourth-order valence-corrected chi connectivity index (χ4v) is 5.58. The van der Waals surface area contributed by atoms with Crippen molar-refractivity contribution in [1.82, 2.24) is 24.4 Å². The fourth-order valence-electron chi connectivity index (χ4n) is 5.58. The number of imidazole rings is 1. The van der Waals surface area contributed by atoms with Gasteiger partial charge in [-0.1, -0.05) is 60.7 Å². The summed E-state index contributed by atoms with van der Waals surface area (Å²) in [4.78, 5) is 19.4. The third-order valence-corrected chi connectivity index (χ3v) is 7.97. The van der Waals surface area contributed by atoms with Crippen molar-refractivity contribution in [3.63, 3.8) is 0 Å². The van der Waals surface area contributed by atoms with Gasteiger partial charge < -0.3 is 10.2 Å². The predicted molar refractivity (Wildman–Crippen MR) is 164 cm³/mol. The van der Waals surface area contributed by atoms with E-state index in [0.717, 1.165) is 86.2 Å². The van der Waals surface area contributed by atoms with Crippen molar-refractivity contribution in [2.45, 2.75) is 26.7 Å². The summed E-state index contributed by atoms with van der Waals surface area (Å²) in [6.07, 6.45) is 3.86. The topological polar surface area (TPSA) is 62.1 Å². The van der Waals surface area contributed by atoms with Gasteiger partial charge in [-0.15, -0.1) is 0 Å². The van der Waals surface area contributed by atoms with Gasteiger partial charge >= 0.3 is 0 Å². The number of nitrogens with one attached hydrogen (secondary N) is 1. The van der Waals surface area contributed by atoms with Gasteiger partial charge in [0, 0.05) is 49.7 Å².